The van der Waals surface area contributed by atoms with Crippen LogP contribution < -0.4 is 4.90 Å². The third-order valence-corrected chi connectivity index (χ3v) is 4.77. The van der Waals surface area contributed by atoms with Crippen molar-refractivity contribution in [1.82, 2.24) is 20.2 Å². The van der Waals surface area contributed by atoms with Crippen molar-refractivity contribution in [3.8, 4) is 5.69 Å². The van der Waals surface area contributed by atoms with Crippen LogP contribution in [0.1, 0.15) is 19.3 Å². The van der Waals surface area contributed by atoms with Gasteiger partial charge in [-0.15, -0.1) is 0 Å². The number of piperidine rings is 1. The Labute approximate surface area is 141 Å². The van der Waals surface area contributed by atoms with Crippen molar-refractivity contribution < 1.29 is 9.47 Å². The molecule has 7 heteroatoms. The summed E-state index contributed by atoms with van der Waals surface area (Å²) >= 11 is 0. The van der Waals surface area contributed by atoms with Crippen molar-refractivity contribution in [3.63, 3.8) is 0 Å². The van der Waals surface area contributed by atoms with Gasteiger partial charge in [-0.1, -0.05) is 23.3 Å². The molecule has 1 atom stereocenters. The van der Waals surface area contributed by atoms with Crippen LogP contribution >= 0.6 is 0 Å². The number of benzene rings is 1. The van der Waals surface area contributed by atoms with Crippen LogP contribution in [0.25, 0.3) is 5.69 Å². The number of ether oxygens (including phenoxy) is 2. The van der Waals surface area contributed by atoms with Crippen LogP contribution in [0.15, 0.2) is 30.3 Å². The van der Waals surface area contributed by atoms with E-state index in [1.54, 1.807) is 4.68 Å². The van der Waals surface area contributed by atoms with Crippen LogP contribution in [0.2, 0.25) is 0 Å². The first-order valence-corrected chi connectivity index (χ1v) is 8.68. The first-order chi connectivity index (χ1) is 11.9. The van der Waals surface area contributed by atoms with Crippen LogP contribution in [0.4, 0.5) is 5.95 Å². The highest BCUT2D eigenvalue weighted by Gasteiger charge is 2.25. The molecule has 2 fully saturated rings. The third kappa shape index (κ3) is 3.42. The lowest BCUT2D eigenvalue weighted by atomic mass is 10.1. The fraction of sp³-hybridized carbons (Fsp3) is 0.588. The summed E-state index contributed by atoms with van der Waals surface area (Å²) in [5.41, 5.74) is 0.983. The fourth-order valence-corrected chi connectivity index (χ4v) is 3.33. The van der Waals surface area contributed by atoms with E-state index >= 15 is 0 Å². The maximum absolute atomic E-state index is 6.08. The van der Waals surface area contributed by atoms with E-state index in [0.717, 1.165) is 63.8 Å². The Morgan fingerprint density at radius 1 is 1.12 bits per heavy atom. The van der Waals surface area contributed by atoms with E-state index in [9.17, 15) is 0 Å². The van der Waals surface area contributed by atoms with Gasteiger partial charge in [0.2, 0.25) is 5.95 Å². The largest absolute Gasteiger partial charge is 0.381 e. The molecule has 0 aliphatic carbocycles. The molecule has 1 unspecified atom stereocenters. The summed E-state index contributed by atoms with van der Waals surface area (Å²) in [6.45, 7) is 4.39. The zero-order valence-corrected chi connectivity index (χ0v) is 13.8. The summed E-state index contributed by atoms with van der Waals surface area (Å²) in [6, 6.07) is 10.0. The van der Waals surface area contributed by atoms with Gasteiger partial charge < -0.3 is 14.4 Å². The predicted octanol–water partition coefficient (Wildman–Crippen LogP) is 1.68. The average molecular weight is 329 g/mol. The molecule has 0 bridgehead atoms. The number of para-hydroxylation sites is 1. The number of hydrogen-bond acceptors (Lipinski definition) is 6. The number of nitrogens with zero attached hydrogens (tertiary/aromatic N) is 5. The van der Waals surface area contributed by atoms with Crippen molar-refractivity contribution in [2.45, 2.75) is 25.4 Å². The second-order valence-corrected chi connectivity index (χ2v) is 6.48. The molecule has 2 aliphatic rings. The number of anilines is 1. The molecule has 7 nitrogen and oxygen atoms in total. The van der Waals surface area contributed by atoms with E-state index < -0.39 is 0 Å². The minimum absolute atomic E-state index is 0.336. The summed E-state index contributed by atoms with van der Waals surface area (Å²) in [7, 11) is 0. The average Bonchev–Trinajstić information content (AvgIpc) is 3.33. The van der Waals surface area contributed by atoms with Crippen molar-refractivity contribution >= 4 is 5.95 Å². The molecule has 1 aromatic carbocycles. The van der Waals surface area contributed by atoms with Gasteiger partial charge in [-0.25, -0.2) is 0 Å². The standard InChI is InChI=1S/C17H23N5O2/c1-2-4-15(5-3-1)22-17(18-19-20-22)21-9-6-16(7-10-21)24-13-14-8-11-23-12-14/h1-5,14,16H,6-13H2. The summed E-state index contributed by atoms with van der Waals surface area (Å²) < 4.78 is 13.3. The number of aromatic nitrogens is 4. The minimum Gasteiger partial charge on any atom is -0.381 e. The predicted molar refractivity (Wildman–Crippen MR) is 89.3 cm³/mol. The molecule has 128 valence electrons. The van der Waals surface area contributed by atoms with Crippen molar-refractivity contribution in [2.75, 3.05) is 37.8 Å². The molecular formula is C17H23N5O2. The Kier molecular flexibility index (Phi) is 4.71. The molecule has 0 radical (unpaired) electrons. The molecule has 2 aromatic rings. The van der Waals surface area contributed by atoms with Gasteiger partial charge in [0.15, 0.2) is 0 Å². The molecule has 2 saturated heterocycles. The Morgan fingerprint density at radius 3 is 2.71 bits per heavy atom. The second-order valence-electron chi connectivity index (χ2n) is 6.48. The maximum Gasteiger partial charge on any atom is 0.250 e. The summed E-state index contributed by atoms with van der Waals surface area (Å²) in [5, 5.41) is 12.2. The van der Waals surface area contributed by atoms with E-state index in [4.69, 9.17) is 9.47 Å². The van der Waals surface area contributed by atoms with Crippen LogP contribution in [-0.2, 0) is 9.47 Å². The molecule has 1 aromatic heterocycles. The van der Waals surface area contributed by atoms with Gasteiger partial charge in [0.25, 0.3) is 0 Å². The van der Waals surface area contributed by atoms with E-state index in [1.807, 2.05) is 30.3 Å². The van der Waals surface area contributed by atoms with Gasteiger partial charge in [0.1, 0.15) is 0 Å². The summed E-state index contributed by atoms with van der Waals surface area (Å²) in [4.78, 5) is 2.24. The van der Waals surface area contributed by atoms with Crippen LogP contribution in [0.5, 0.6) is 0 Å². The number of hydrogen-bond donors (Lipinski definition) is 0. The third-order valence-electron chi connectivity index (χ3n) is 4.77. The van der Waals surface area contributed by atoms with Gasteiger partial charge in [-0.2, -0.15) is 4.68 Å². The Bertz CT molecular complexity index is 633. The van der Waals surface area contributed by atoms with Crippen LogP contribution in [0, 0.1) is 5.92 Å². The van der Waals surface area contributed by atoms with Crippen molar-refractivity contribution in [2.24, 2.45) is 5.92 Å². The molecule has 0 amide bonds. The highest BCUT2D eigenvalue weighted by atomic mass is 16.5. The number of tetrazole rings is 1. The second kappa shape index (κ2) is 7.27. The fourth-order valence-electron chi connectivity index (χ4n) is 3.33. The first kappa shape index (κ1) is 15.5. The van der Waals surface area contributed by atoms with E-state index in [1.165, 1.54) is 0 Å². The smallest absolute Gasteiger partial charge is 0.250 e. The summed E-state index contributed by atoms with van der Waals surface area (Å²) in [5.74, 6) is 1.39. The highest BCUT2D eigenvalue weighted by Crippen LogP contribution is 2.22. The maximum atomic E-state index is 6.08. The van der Waals surface area contributed by atoms with E-state index in [0.29, 0.717) is 12.0 Å². The van der Waals surface area contributed by atoms with E-state index in [2.05, 4.69) is 20.4 Å². The molecule has 24 heavy (non-hydrogen) atoms. The SMILES string of the molecule is c1ccc(-n2nnnc2N2CCC(OCC3CCOC3)CC2)cc1. The summed E-state index contributed by atoms with van der Waals surface area (Å²) in [6.07, 6.45) is 3.48. The lowest BCUT2D eigenvalue weighted by Crippen LogP contribution is -2.39. The highest BCUT2D eigenvalue weighted by molar-refractivity contribution is 5.40. The molecule has 0 N–H and O–H groups in total. The van der Waals surface area contributed by atoms with E-state index in [-0.39, 0.29) is 0 Å². The van der Waals surface area contributed by atoms with Gasteiger partial charge in [0, 0.05) is 25.6 Å². The van der Waals surface area contributed by atoms with Gasteiger partial charge in [0.05, 0.1) is 25.0 Å². The first-order valence-electron chi connectivity index (χ1n) is 8.68. The zero-order chi connectivity index (χ0) is 16.2. The monoisotopic (exact) mass is 329 g/mol. The molecule has 0 spiro atoms. The Morgan fingerprint density at radius 2 is 1.96 bits per heavy atom. The van der Waals surface area contributed by atoms with Crippen LogP contribution in [-0.4, -0.2) is 59.2 Å². The van der Waals surface area contributed by atoms with Gasteiger partial charge in [-0.3, -0.25) is 0 Å². The van der Waals surface area contributed by atoms with Gasteiger partial charge >= 0.3 is 0 Å². The molecule has 4 rings (SSSR count). The Balaban J connectivity index is 1.34. The molecular weight excluding hydrogens is 306 g/mol. The Hall–Kier alpha value is -1.99. The molecule has 0 saturated carbocycles. The van der Waals surface area contributed by atoms with Gasteiger partial charge in [-0.05, 0) is 41.8 Å². The molecule has 2 aliphatic heterocycles. The topological polar surface area (TPSA) is 65.3 Å². The van der Waals surface area contributed by atoms with Crippen LogP contribution in [0.3, 0.4) is 0 Å². The van der Waals surface area contributed by atoms with Crippen molar-refractivity contribution in [1.29, 1.82) is 0 Å². The van der Waals surface area contributed by atoms with Crippen molar-refractivity contribution in [3.05, 3.63) is 30.3 Å². The molecule has 3 heterocycles. The normalized spacial score (nSPS) is 22.2. The lowest BCUT2D eigenvalue weighted by Gasteiger charge is -2.32. The quantitative estimate of drug-likeness (QED) is 0.832. The lowest BCUT2D eigenvalue weighted by molar-refractivity contribution is 0.0130. The minimum atomic E-state index is 0.336. The number of rotatable bonds is 5. The zero-order valence-electron chi connectivity index (χ0n) is 13.8.